The number of hydrogen-bond donors (Lipinski definition) is 2. The number of hydrogen-bond acceptors (Lipinski definition) is 3. The van der Waals surface area contributed by atoms with Crippen LogP contribution in [0.1, 0.15) is 10.4 Å². The van der Waals surface area contributed by atoms with Crippen molar-refractivity contribution in [1.82, 2.24) is 4.98 Å². The molecule has 0 radical (unpaired) electrons. The van der Waals surface area contributed by atoms with Crippen molar-refractivity contribution >= 4 is 27.7 Å². The minimum Gasteiger partial charge on any atom is -0.478 e. The van der Waals surface area contributed by atoms with Gasteiger partial charge in [-0.15, -0.1) is 0 Å². The monoisotopic (exact) mass is 340 g/mol. The lowest BCUT2D eigenvalue weighted by Crippen LogP contribution is -2.07. The Balaban J connectivity index is 2.33. The van der Waals surface area contributed by atoms with Gasteiger partial charge in [0.1, 0.15) is 16.3 Å². The van der Waals surface area contributed by atoms with Gasteiger partial charge in [0.05, 0.1) is 0 Å². The van der Waals surface area contributed by atoms with Gasteiger partial charge in [-0.3, -0.25) is 0 Å². The van der Waals surface area contributed by atoms with E-state index >= 15 is 0 Å². The molecule has 0 saturated heterocycles. The molecular formula is C12H9F5N2O2S. The lowest BCUT2D eigenvalue weighted by atomic mass is 10.2. The molecule has 22 heavy (non-hydrogen) atoms. The Morgan fingerprint density at radius 1 is 1.05 bits per heavy atom. The molecule has 4 nitrogen and oxygen atoms in total. The number of aromatic nitrogens is 1. The van der Waals surface area contributed by atoms with Gasteiger partial charge in [-0.05, 0) is 36.4 Å². The van der Waals surface area contributed by atoms with E-state index in [2.05, 4.69) is 10.3 Å². The number of anilines is 2. The van der Waals surface area contributed by atoms with Gasteiger partial charge in [-0.2, -0.15) is 0 Å². The number of halogens is 5. The first-order valence-corrected chi connectivity index (χ1v) is 7.61. The van der Waals surface area contributed by atoms with Gasteiger partial charge in [-0.25, -0.2) is 9.78 Å². The molecule has 0 atom stereocenters. The van der Waals surface area contributed by atoms with Gasteiger partial charge in [0.25, 0.3) is 0 Å². The number of carboxylic acid groups (broad SMARTS) is 1. The van der Waals surface area contributed by atoms with Crippen LogP contribution in [-0.2, 0) is 0 Å². The predicted octanol–water partition coefficient (Wildman–Crippen LogP) is 5.18. The zero-order chi connectivity index (χ0) is 16.7. The standard InChI is InChI=1S/C12H9F5N2O2S/c13-22(14,15,16,17)9-5-3-8(4-6-9)19-11-10(12(20)21)2-1-7-18-11/h1-7H,(H,18,19)(H,20,21). The first kappa shape index (κ1) is 16.0. The molecule has 0 saturated carbocycles. The lowest BCUT2D eigenvalue weighted by Gasteiger charge is -2.40. The quantitative estimate of drug-likeness (QED) is 0.753. The van der Waals surface area contributed by atoms with Crippen molar-refractivity contribution in [2.24, 2.45) is 0 Å². The van der Waals surface area contributed by atoms with Gasteiger partial charge < -0.3 is 10.4 Å². The second-order valence-electron chi connectivity index (χ2n) is 4.32. The maximum atomic E-state index is 12.6. The fraction of sp³-hybridized carbons (Fsp3) is 0. The molecule has 0 aliphatic carbocycles. The Labute approximate surface area is 121 Å². The molecule has 1 aromatic carbocycles. The SMILES string of the molecule is O=C(O)c1cccnc1Nc1ccc(S(F)(F)(F)(F)F)cc1. The van der Waals surface area contributed by atoms with Crippen LogP contribution in [0, 0.1) is 0 Å². The van der Waals surface area contributed by atoms with Crippen molar-refractivity contribution in [2.75, 3.05) is 5.32 Å². The number of nitrogens with one attached hydrogen (secondary N) is 1. The van der Waals surface area contributed by atoms with Crippen LogP contribution in [0.25, 0.3) is 0 Å². The van der Waals surface area contributed by atoms with Gasteiger partial charge in [0.2, 0.25) is 0 Å². The van der Waals surface area contributed by atoms with Crippen LogP contribution in [0.5, 0.6) is 0 Å². The largest absolute Gasteiger partial charge is 0.478 e. The van der Waals surface area contributed by atoms with Crippen molar-refractivity contribution in [2.45, 2.75) is 4.90 Å². The summed E-state index contributed by atoms with van der Waals surface area (Å²) < 4.78 is 62.8. The zero-order valence-electron chi connectivity index (χ0n) is 10.6. The fourth-order valence-corrected chi connectivity index (χ4v) is 2.26. The number of benzene rings is 1. The average Bonchev–Trinajstić information content (AvgIpc) is 2.37. The normalized spacial score (nSPS) is 14.8. The summed E-state index contributed by atoms with van der Waals surface area (Å²) in [5.41, 5.74) is -0.217. The summed E-state index contributed by atoms with van der Waals surface area (Å²) in [5, 5.41) is 11.4. The van der Waals surface area contributed by atoms with E-state index in [1.54, 1.807) is 0 Å². The molecule has 0 fully saturated rings. The molecule has 0 bridgehead atoms. The van der Waals surface area contributed by atoms with E-state index in [1.165, 1.54) is 18.3 Å². The topological polar surface area (TPSA) is 62.2 Å². The summed E-state index contributed by atoms with van der Waals surface area (Å²) in [4.78, 5) is 12.7. The highest BCUT2D eigenvalue weighted by molar-refractivity contribution is 8.45. The highest BCUT2D eigenvalue weighted by atomic mass is 32.5. The number of carbonyl (C=O) groups is 1. The predicted molar refractivity (Wildman–Crippen MR) is 72.3 cm³/mol. The summed E-state index contributed by atoms with van der Waals surface area (Å²) in [7, 11) is -9.72. The smallest absolute Gasteiger partial charge is 0.339 e. The molecule has 10 heteroatoms. The van der Waals surface area contributed by atoms with Crippen LogP contribution in [0.15, 0.2) is 47.5 Å². The summed E-state index contributed by atoms with van der Waals surface area (Å²) >= 11 is 0. The number of nitrogens with zero attached hydrogens (tertiary/aromatic N) is 1. The van der Waals surface area contributed by atoms with Crippen LogP contribution in [0.2, 0.25) is 0 Å². The number of rotatable bonds is 4. The van der Waals surface area contributed by atoms with E-state index in [1.807, 2.05) is 0 Å². The summed E-state index contributed by atoms with van der Waals surface area (Å²) in [6.07, 6.45) is 1.28. The molecule has 0 amide bonds. The van der Waals surface area contributed by atoms with Crippen LogP contribution >= 0.6 is 10.2 Å². The van der Waals surface area contributed by atoms with Crippen molar-refractivity contribution in [3.8, 4) is 0 Å². The molecule has 1 aromatic heterocycles. The first-order valence-electron chi connectivity index (χ1n) is 5.66. The number of aromatic carboxylic acids is 1. The minimum atomic E-state index is -9.72. The molecule has 2 aromatic rings. The molecule has 120 valence electrons. The number of carboxylic acids is 1. The average molecular weight is 340 g/mol. The Bertz CT molecular complexity index is 732. The van der Waals surface area contributed by atoms with E-state index < -0.39 is 21.1 Å². The summed E-state index contributed by atoms with van der Waals surface area (Å²) in [6, 6.07) is 4.61. The summed E-state index contributed by atoms with van der Waals surface area (Å²) in [6.45, 7) is 0. The molecule has 0 aliphatic rings. The molecule has 2 N–H and O–H groups in total. The Morgan fingerprint density at radius 2 is 1.64 bits per heavy atom. The fourth-order valence-electron chi connectivity index (χ4n) is 1.61. The highest BCUT2D eigenvalue weighted by Gasteiger charge is 2.65. The second-order valence-corrected chi connectivity index (χ2v) is 6.73. The van der Waals surface area contributed by atoms with Crippen LogP contribution < -0.4 is 5.32 Å². The Morgan fingerprint density at radius 3 is 2.14 bits per heavy atom. The molecular weight excluding hydrogens is 331 g/mol. The third-order valence-electron chi connectivity index (χ3n) is 2.60. The van der Waals surface area contributed by atoms with Crippen LogP contribution in [0.3, 0.4) is 0 Å². The van der Waals surface area contributed by atoms with E-state index in [-0.39, 0.29) is 29.2 Å². The number of pyridine rings is 1. The Kier molecular flexibility index (Phi) is 3.15. The maximum Gasteiger partial charge on any atom is 0.339 e. The third-order valence-corrected chi connectivity index (χ3v) is 3.76. The molecule has 0 unspecified atom stereocenters. The van der Waals surface area contributed by atoms with E-state index in [4.69, 9.17) is 5.11 Å². The van der Waals surface area contributed by atoms with Crippen molar-refractivity contribution in [3.63, 3.8) is 0 Å². The van der Waals surface area contributed by atoms with Crippen molar-refractivity contribution in [3.05, 3.63) is 48.2 Å². The molecule has 2 rings (SSSR count). The van der Waals surface area contributed by atoms with Crippen molar-refractivity contribution in [1.29, 1.82) is 0 Å². The van der Waals surface area contributed by atoms with E-state index in [0.29, 0.717) is 0 Å². The minimum absolute atomic E-state index is 0.00759. The first-order chi connectivity index (χ1) is 9.86. The van der Waals surface area contributed by atoms with E-state index in [0.717, 1.165) is 12.1 Å². The van der Waals surface area contributed by atoms with Gasteiger partial charge in [0.15, 0.2) is 0 Å². The van der Waals surface area contributed by atoms with Crippen LogP contribution in [0.4, 0.5) is 30.9 Å². The van der Waals surface area contributed by atoms with E-state index in [9.17, 15) is 24.2 Å². The van der Waals surface area contributed by atoms with Gasteiger partial charge >= 0.3 is 16.2 Å². The molecule has 0 spiro atoms. The molecule has 1 heterocycles. The van der Waals surface area contributed by atoms with Crippen LogP contribution in [-0.4, -0.2) is 16.1 Å². The molecule has 0 aliphatic heterocycles. The highest BCUT2D eigenvalue weighted by Crippen LogP contribution is 3.02. The van der Waals surface area contributed by atoms with Gasteiger partial charge in [-0.1, -0.05) is 19.4 Å². The van der Waals surface area contributed by atoms with Crippen molar-refractivity contribution < 1.29 is 29.3 Å². The second kappa shape index (κ2) is 4.32. The Hall–Kier alpha value is -2.36. The maximum absolute atomic E-state index is 12.6. The van der Waals surface area contributed by atoms with Gasteiger partial charge in [0, 0.05) is 11.9 Å². The third kappa shape index (κ3) is 3.64. The zero-order valence-corrected chi connectivity index (χ0v) is 11.5. The summed E-state index contributed by atoms with van der Waals surface area (Å²) in [5.74, 6) is -1.41. The lowest BCUT2D eigenvalue weighted by molar-refractivity contribution is 0.0697.